The highest BCUT2D eigenvalue weighted by molar-refractivity contribution is 5.76. The minimum atomic E-state index is -0.353. The molecule has 1 aromatic rings. The highest BCUT2D eigenvalue weighted by Crippen LogP contribution is 2.15. The van der Waals surface area contributed by atoms with Gasteiger partial charge in [-0.15, -0.1) is 0 Å². The van der Waals surface area contributed by atoms with Crippen LogP contribution in [-0.4, -0.2) is 12.5 Å². The van der Waals surface area contributed by atoms with Gasteiger partial charge in [0.15, 0.2) is 0 Å². The summed E-state index contributed by atoms with van der Waals surface area (Å²) in [5, 5.41) is 3.08. The first-order valence-electron chi connectivity index (χ1n) is 5.29. The molecule has 4 heteroatoms. The average Bonchev–Trinajstić information content (AvgIpc) is 2.25. The summed E-state index contributed by atoms with van der Waals surface area (Å²) in [6.07, 6.45) is 0. The largest absolute Gasteiger partial charge is 0.369 e. The summed E-state index contributed by atoms with van der Waals surface area (Å²) < 4.78 is 13.4. The molecule has 1 amide bonds. The molecule has 0 heterocycles. The number of benzene rings is 1. The standard InChI is InChI=1S/C12H17FN2O/c1-8(12(14)16)7-15-9(2)10-5-3-4-6-11(10)13/h3-6,8-9,15H,7H2,1-2H3,(H2,14,16)/t8?,9-/m1/s1. The Labute approximate surface area is 94.8 Å². The van der Waals surface area contributed by atoms with Gasteiger partial charge in [-0.05, 0) is 13.0 Å². The number of nitrogens with two attached hydrogens (primary N) is 1. The van der Waals surface area contributed by atoms with Crippen LogP contribution in [0.3, 0.4) is 0 Å². The maximum atomic E-state index is 13.4. The second kappa shape index (κ2) is 5.61. The van der Waals surface area contributed by atoms with E-state index in [0.717, 1.165) is 0 Å². The fraction of sp³-hybridized carbons (Fsp3) is 0.417. The minimum absolute atomic E-state index is 0.136. The first-order valence-corrected chi connectivity index (χ1v) is 5.29. The number of hydrogen-bond acceptors (Lipinski definition) is 2. The Morgan fingerprint density at radius 3 is 2.62 bits per heavy atom. The van der Waals surface area contributed by atoms with Gasteiger partial charge >= 0.3 is 0 Å². The molecule has 1 rings (SSSR count). The summed E-state index contributed by atoms with van der Waals surface area (Å²) in [7, 11) is 0. The molecule has 1 aromatic carbocycles. The summed E-state index contributed by atoms with van der Waals surface area (Å²) >= 11 is 0. The molecule has 0 aliphatic rings. The lowest BCUT2D eigenvalue weighted by molar-refractivity contribution is -0.121. The van der Waals surface area contributed by atoms with Crippen molar-refractivity contribution < 1.29 is 9.18 Å². The summed E-state index contributed by atoms with van der Waals surface area (Å²) in [6, 6.07) is 6.45. The predicted octanol–water partition coefficient (Wildman–Crippen LogP) is 1.60. The Bertz CT molecular complexity index is 368. The number of primary amides is 1. The van der Waals surface area contributed by atoms with E-state index in [1.54, 1.807) is 25.1 Å². The highest BCUT2D eigenvalue weighted by Gasteiger charge is 2.13. The molecule has 1 unspecified atom stereocenters. The second-order valence-corrected chi connectivity index (χ2v) is 3.95. The zero-order valence-corrected chi connectivity index (χ0v) is 9.53. The Hall–Kier alpha value is -1.42. The third-order valence-electron chi connectivity index (χ3n) is 2.59. The van der Waals surface area contributed by atoms with Gasteiger partial charge in [0.2, 0.25) is 5.91 Å². The maximum Gasteiger partial charge on any atom is 0.221 e. The lowest BCUT2D eigenvalue weighted by atomic mass is 10.1. The van der Waals surface area contributed by atoms with Gasteiger partial charge in [0.25, 0.3) is 0 Å². The van der Waals surface area contributed by atoms with Crippen molar-refractivity contribution in [2.45, 2.75) is 19.9 Å². The normalized spacial score (nSPS) is 14.4. The van der Waals surface area contributed by atoms with Crippen LogP contribution in [0.2, 0.25) is 0 Å². The number of carbonyl (C=O) groups excluding carboxylic acids is 1. The molecule has 0 aliphatic carbocycles. The third kappa shape index (κ3) is 3.31. The SMILES string of the molecule is CC(CN[C@H](C)c1ccccc1F)C(N)=O. The summed E-state index contributed by atoms with van der Waals surface area (Å²) in [5.74, 6) is -0.850. The number of halogens is 1. The number of nitrogens with one attached hydrogen (secondary N) is 1. The van der Waals surface area contributed by atoms with Gasteiger partial charge in [-0.25, -0.2) is 4.39 Å². The minimum Gasteiger partial charge on any atom is -0.369 e. The average molecular weight is 224 g/mol. The smallest absolute Gasteiger partial charge is 0.221 e. The number of amides is 1. The van der Waals surface area contributed by atoms with Crippen LogP contribution in [0.25, 0.3) is 0 Å². The third-order valence-corrected chi connectivity index (χ3v) is 2.59. The van der Waals surface area contributed by atoms with Crippen LogP contribution in [0.4, 0.5) is 4.39 Å². The lowest BCUT2D eigenvalue weighted by Crippen LogP contribution is -2.32. The zero-order chi connectivity index (χ0) is 12.1. The van der Waals surface area contributed by atoms with Crippen LogP contribution in [0.15, 0.2) is 24.3 Å². The lowest BCUT2D eigenvalue weighted by Gasteiger charge is -2.16. The van der Waals surface area contributed by atoms with E-state index in [0.29, 0.717) is 12.1 Å². The van der Waals surface area contributed by atoms with Gasteiger partial charge in [0.05, 0.1) is 0 Å². The van der Waals surface area contributed by atoms with Crippen LogP contribution in [0.1, 0.15) is 25.5 Å². The van der Waals surface area contributed by atoms with Gasteiger partial charge in [-0.1, -0.05) is 25.1 Å². The molecule has 0 fully saturated rings. The first-order chi connectivity index (χ1) is 7.52. The van der Waals surface area contributed by atoms with Crippen molar-refractivity contribution in [2.24, 2.45) is 11.7 Å². The summed E-state index contributed by atoms with van der Waals surface area (Å²) in [5.41, 5.74) is 5.73. The molecule has 0 aromatic heterocycles. The van der Waals surface area contributed by atoms with E-state index >= 15 is 0 Å². The second-order valence-electron chi connectivity index (χ2n) is 3.95. The number of rotatable bonds is 5. The van der Waals surface area contributed by atoms with Crippen LogP contribution in [0, 0.1) is 11.7 Å². The first kappa shape index (κ1) is 12.6. The predicted molar refractivity (Wildman–Crippen MR) is 61.2 cm³/mol. The van der Waals surface area contributed by atoms with Crippen LogP contribution in [-0.2, 0) is 4.79 Å². The Morgan fingerprint density at radius 2 is 2.06 bits per heavy atom. The van der Waals surface area contributed by atoms with E-state index in [1.807, 2.05) is 6.92 Å². The van der Waals surface area contributed by atoms with Crippen molar-refractivity contribution in [1.82, 2.24) is 5.32 Å². The Kier molecular flexibility index (Phi) is 4.43. The van der Waals surface area contributed by atoms with Gasteiger partial charge in [0, 0.05) is 24.1 Å². The highest BCUT2D eigenvalue weighted by atomic mass is 19.1. The molecule has 2 atom stereocenters. The fourth-order valence-corrected chi connectivity index (χ4v) is 1.39. The van der Waals surface area contributed by atoms with Crippen LogP contribution >= 0.6 is 0 Å². The molecular formula is C12H17FN2O. The number of hydrogen-bond donors (Lipinski definition) is 2. The van der Waals surface area contributed by atoms with E-state index in [4.69, 9.17) is 5.73 Å². The maximum absolute atomic E-state index is 13.4. The van der Waals surface area contributed by atoms with Crippen LogP contribution < -0.4 is 11.1 Å². The molecule has 88 valence electrons. The van der Waals surface area contributed by atoms with E-state index in [9.17, 15) is 9.18 Å². The molecule has 0 aliphatic heterocycles. The molecule has 0 saturated heterocycles. The Balaban J connectivity index is 2.56. The van der Waals surface area contributed by atoms with E-state index in [-0.39, 0.29) is 23.7 Å². The van der Waals surface area contributed by atoms with Gasteiger partial charge in [0.1, 0.15) is 5.82 Å². The summed E-state index contributed by atoms with van der Waals surface area (Å²) in [4.78, 5) is 10.8. The fourth-order valence-electron chi connectivity index (χ4n) is 1.39. The molecular weight excluding hydrogens is 207 g/mol. The molecule has 0 bridgehead atoms. The van der Waals surface area contributed by atoms with Gasteiger partial charge < -0.3 is 11.1 Å². The molecule has 0 radical (unpaired) electrons. The number of carbonyl (C=O) groups is 1. The molecule has 0 saturated carbocycles. The monoisotopic (exact) mass is 224 g/mol. The topological polar surface area (TPSA) is 55.1 Å². The van der Waals surface area contributed by atoms with Crippen molar-refractivity contribution in [2.75, 3.05) is 6.54 Å². The molecule has 3 N–H and O–H groups in total. The van der Waals surface area contributed by atoms with Gasteiger partial charge in [-0.3, -0.25) is 4.79 Å². The van der Waals surface area contributed by atoms with E-state index in [1.165, 1.54) is 6.07 Å². The van der Waals surface area contributed by atoms with Gasteiger partial charge in [-0.2, -0.15) is 0 Å². The molecule has 3 nitrogen and oxygen atoms in total. The molecule has 0 spiro atoms. The van der Waals surface area contributed by atoms with Crippen molar-refractivity contribution in [3.63, 3.8) is 0 Å². The van der Waals surface area contributed by atoms with Crippen molar-refractivity contribution in [3.8, 4) is 0 Å². The quantitative estimate of drug-likeness (QED) is 0.798. The summed E-state index contributed by atoms with van der Waals surface area (Å²) in [6.45, 7) is 4.04. The van der Waals surface area contributed by atoms with Crippen LogP contribution in [0.5, 0.6) is 0 Å². The van der Waals surface area contributed by atoms with Crippen molar-refractivity contribution in [1.29, 1.82) is 0 Å². The zero-order valence-electron chi connectivity index (χ0n) is 9.53. The van der Waals surface area contributed by atoms with E-state index in [2.05, 4.69) is 5.32 Å². The van der Waals surface area contributed by atoms with Crippen molar-refractivity contribution in [3.05, 3.63) is 35.6 Å². The molecule has 16 heavy (non-hydrogen) atoms. The van der Waals surface area contributed by atoms with E-state index < -0.39 is 0 Å². The Morgan fingerprint density at radius 1 is 1.44 bits per heavy atom. The van der Waals surface area contributed by atoms with Crippen molar-refractivity contribution >= 4 is 5.91 Å².